The molecule has 0 aliphatic carbocycles. The van der Waals surface area contributed by atoms with Gasteiger partial charge in [0.15, 0.2) is 0 Å². The van der Waals surface area contributed by atoms with Crippen LogP contribution in [0.3, 0.4) is 0 Å². The van der Waals surface area contributed by atoms with Crippen molar-refractivity contribution < 1.29 is 4.79 Å². The maximum absolute atomic E-state index is 11.8. The molecular formula is C14H12Cl3N3O. The molecule has 110 valence electrons. The van der Waals surface area contributed by atoms with Gasteiger partial charge in [-0.15, -0.1) is 0 Å². The Labute approximate surface area is 137 Å². The zero-order valence-electron chi connectivity index (χ0n) is 11.1. The van der Waals surface area contributed by atoms with Gasteiger partial charge in [-0.1, -0.05) is 40.9 Å². The molecule has 0 spiro atoms. The summed E-state index contributed by atoms with van der Waals surface area (Å²) in [5.74, 6) is 0. The van der Waals surface area contributed by atoms with Crippen molar-refractivity contribution in [1.29, 1.82) is 0 Å². The summed E-state index contributed by atoms with van der Waals surface area (Å²) in [6.07, 6.45) is 0. The largest absolute Gasteiger partial charge is 0.334 e. The maximum Gasteiger partial charge on any atom is 0.319 e. The van der Waals surface area contributed by atoms with E-state index in [4.69, 9.17) is 34.8 Å². The first-order valence-corrected chi connectivity index (χ1v) is 7.20. The van der Waals surface area contributed by atoms with Gasteiger partial charge < -0.3 is 10.6 Å². The van der Waals surface area contributed by atoms with E-state index in [1.165, 1.54) is 12.1 Å². The first kappa shape index (κ1) is 15.9. The number of aromatic nitrogens is 1. The summed E-state index contributed by atoms with van der Waals surface area (Å²) in [6.45, 7) is 2.32. The van der Waals surface area contributed by atoms with Crippen molar-refractivity contribution in [1.82, 2.24) is 10.3 Å². The van der Waals surface area contributed by atoms with Crippen molar-refractivity contribution in [2.45, 2.75) is 13.5 Å². The van der Waals surface area contributed by atoms with Crippen LogP contribution in [0.1, 0.15) is 11.1 Å². The van der Waals surface area contributed by atoms with Gasteiger partial charge in [0.05, 0.1) is 0 Å². The SMILES string of the molecule is Cc1cc(Cl)ccc1CNC(=O)Nc1cc(Cl)nc(Cl)c1. The minimum atomic E-state index is -0.359. The zero-order valence-corrected chi connectivity index (χ0v) is 13.4. The fraction of sp³-hybridized carbons (Fsp3) is 0.143. The highest BCUT2D eigenvalue weighted by Crippen LogP contribution is 2.18. The second-order valence-corrected chi connectivity index (χ2v) is 5.59. The van der Waals surface area contributed by atoms with Crippen LogP contribution in [-0.4, -0.2) is 11.0 Å². The van der Waals surface area contributed by atoms with Gasteiger partial charge in [-0.05, 0) is 42.3 Å². The molecule has 0 atom stereocenters. The number of nitrogens with zero attached hydrogens (tertiary/aromatic N) is 1. The molecule has 0 radical (unpaired) electrons. The van der Waals surface area contributed by atoms with E-state index in [2.05, 4.69) is 15.6 Å². The molecule has 0 fully saturated rings. The molecule has 7 heteroatoms. The predicted molar refractivity (Wildman–Crippen MR) is 86.3 cm³/mol. The van der Waals surface area contributed by atoms with Crippen molar-refractivity contribution in [2.24, 2.45) is 0 Å². The monoisotopic (exact) mass is 343 g/mol. The van der Waals surface area contributed by atoms with Gasteiger partial charge >= 0.3 is 6.03 Å². The first-order chi connectivity index (χ1) is 9.94. The summed E-state index contributed by atoms with van der Waals surface area (Å²) in [5.41, 5.74) is 2.48. The number of benzene rings is 1. The number of carbonyl (C=O) groups excluding carboxylic acids is 1. The minimum absolute atomic E-state index is 0.214. The van der Waals surface area contributed by atoms with Crippen LogP contribution in [0.2, 0.25) is 15.3 Å². The lowest BCUT2D eigenvalue weighted by atomic mass is 10.1. The highest BCUT2D eigenvalue weighted by Gasteiger charge is 2.06. The summed E-state index contributed by atoms with van der Waals surface area (Å²) >= 11 is 17.4. The van der Waals surface area contributed by atoms with Crippen LogP contribution in [-0.2, 0) is 6.54 Å². The van der Waals surface area contributed by atoms with Crippen LogP contribution >= 0.6 is 34.8 Å². The molecule has 0 aliphatic rings. The van der Waals surface area contributed by atoms with E-state index in [-0.39, 0.29) is 16.3 Å². The van der Waals surface area contributed by atoms with E-state index in [1.54, 1.807) is 6.07 Å². The predicted octanol–water partition coefficient (Wildman–Crippen LogP) is 4.67. The number of aryl methyl sites for hydroxylation is 1. The molecule has 0 aliphatic heterocycles. The summed E-state index contributed by atoms with van der Waals surface area (Å²) in [5, 5.41) is 6.48. The van der Waals surface area contributed by atoms with E-state index >= 15 is 0 Å². The van der Waals surface area contributed by atoms with Crippen LogP contribution in [0.4, 0.5) is 10.5 Å². The molecule has 0 unspecified atom stereocenters. The number of rotatable bonds is 3. The Hall–Kier alpha value is -1.49. The number of carbonyl (C=O) groups is 1. The van der Waals surface area contributed by atoms with Crippen molar-refractivity contribution in [3.8, 4) is 0 Å². The minimum Gasteiger partial charge on any atom is -0.334 e. The lowest BCUT2D eigenvalue weighted by Crippen LogP contribution is -2.28. The molecule has 1 aromatic carbocycles. The number of halogens is 3. The second kappa shape index (κ2) is 6.98. The second-order valence-electron chi connectivity index (χ2n) is 4.38. The van der Waals surface area contributed by atoms with E-state index in [0.717, 1.165) is 11.1 Å². The molecule has 2 N–H and O–H groups in total. The molecule has 2 rings (SSSR count). The normalized spacial score (nSPS) is 10.3. The van der Waals surface area contributed by atoms with Gasteiger partial charge in [0.1, 0.15) is 10.3 Å². The van der Waals surface area contributed by atoms with Crippen LogP contribution in [0.25, 0.3) is 0 Å². The van der Waals surface area contributed by atoms with Crippen molar-refractivity contribution in [3.05, 3.63) is 56.8 Å². The first-order valence-electron chi connectivity index (χ1n) is 6.07. The van der Waals surface area contributed by atoms with Gasteiger partial charge in [-0.3, -0.25) is 0 Å². The lowest BCUT2D eigenvalue weighted by molar-refractivity contribution is 0.251. The smallest absolute Gasteiger partial charge is 0.319 e. The molecule has 2 aromatic rings. The summed E-state index contributed by atoms with van der Waals surface area (Å²) in [4.78, 5) is 15.6. The fourth-order valence-electron chi connectivity index (χ4n) is 1.75. The topological polar surface area (TPSA) is 54.0 Å². The van der Waals surface area contributed by atoms with Gasteiger partial charge in [0.2, 0.25) is 0 Å². The van der Waals surface area contributed by atoms with E-state index in [0.29, 0.717) is 17.3 Å². The Balaban J connectivity index is 1.95. The number of hydrogen-bond donors (Lipinski definition) is 2. The van der Waals surface area contributed by atoms with Gasteiger partial charge in [0.25, 0.3) is 0 Å². The Morgan fingerprint density at radius 2 is 1.81 bits per heavy atom. The molecule has 1 heterocycles. The third-order valence-electron chi connectivity index (χ3n) is 2.76. The Kier molecular flexibility index (Phi) is 5.28. The molecule has 1 aromatic heterocycles. The van der Waals surface area contributed by atoms with Crippen LogP contribution < -0.4 is 10.6 Å². The number of amides is 2. The summed E-state index contributed by atoms with van der Waals surface area (Å²) < 4.78 is 0. The van der Waals surface area contributed by atoms with E-state index in [9.17, 15) is 4.79 Å². The molecule has 21 heavy (non-hydrogen) atoms. The number of urea groups is 1. The third-order valence-corrected chi connectivity index (χ3v) is 3.39. The van der Waals surface area contributed by atoms with Crippen LogP contribution in [0, 0.1) is 6.92 Å². The highest BCUT2D eigenvalue weighted by molar-refractivity contribution is 6.33. The Morgan fingerprint density at radius 1 is 1.14 bits per heavy atom. The lowest BCUT2D eigenvalue weighted by Gasteiger charge is -2.10. The number of nitrogens with one attached hydrogen (secondary N) is 2. The average Bonchev–Trinajstić information content (AvgIpc) is 2.36. The zero-order chi connectivity index (χ0) is 15.4. The molecule has 0 bridgehead atoms. The molecule has 2 amide bonds. The highest BCUT2D eigenvalue weighted by atomic mass is 35.5. The summed E-state index contributed by atoms with van der Waals surface area (Å²) in [7, 11) is 0. The van der Waals surface area contributed by atoms with Gasteiger partial charge in [-0.25, -0.2) is 9.78 Å². The van der Waals surface area contributed by atoms with Gasteiger partial charge in [0, 0.05) is 17.3 Å². The average molecular weight is 345 g/mol. The molecule has 4 nitrogen and oxygen atoms in total. The maximum atomic E-state index is 11.8. The fourth-order valence-corrected chi connectivity index (χ4v) is 2.43. The van der Waals surface area contributed by atoms with Crippen LogP contribution in [0.5, 0.6) is 0 Å². The van der Waals surface area contributed by atoms with Crippen molar-refractivity contribution in [3.63, 3.8) is 0 Å². The number of hydrogen-bond acceptors (Lipinski definition) is 2. The van der Waals surface area contributed by atoms with Crippen LogP contribution in [0.15, 0.2) is 30.3 Å². The molecule has 0 saturated carbocycles. The van der Waals surface area contributed by atoms with E-state index < -0.39 is 0 Å². The quantitative estimate of drug-likeness (QED) is 0.795. The standard InChI is InChI=1S/C14H12Cl3N3O/c1-8-4-10(15)3-2-9(8)7-18-14(21)19-11-5-12(16)20-13(17)6-11/h2-6H,7H2,1H3,(H2,18,19,20,21). The van der Waals surface area contributed by atoms with Gasteiger partial charge in [-0.2, -0.15) is 0 Å². The van der Waals surface area contributed by atoms with Crippen molar-refractivity contribution >= 4 is 46.5 Å². The molecule has 0 saturated heterocycles. The van der Waals surface area contributed by atoms with E-state index in [1.807, 2.05) is 19.1 Å². The number of anilines is 1. The number of pyridine rings is 1. The summed E-state index contributed by atoms with van der Waals surface area (Å²) in [6, 6.07) is 8.17. The Morgan fingerprint density at radius 3 is 2.43 bits per heavy atom. The molecular weight excluding hydrogens is 333 g/mol. The van der Waals surface area contributed by atoms with Crippen molar-refractivity contribution in [2.75, 3.05) is 5.32 Å². The Bertz CT molecular complexity index is 656. The third kappa shape index (κ3) is 4.77.